The van der Waals surface area contributed by atoms with Crippen LogP contribution < -0.4 is 19.1 Å². The Bertz CT molecular complexity index is 1790. The highest BCUT2D eigenvalue weighted by atomic mass is 35.5. The summed E-state index contributed by atoms with van der Waals surface area (Å²) in [4.78, 5) is 29.6. The minimum absolute atomic E-state index is 0.0456. The van der Waals surface area contributed by atoms with E-state index >= 15 is 0 Å². The smallest absolute Gasteiger partial charge is 0.264 e. The summed E-state index contributed by atoms with van der Waals surface area (Å²) in [5.74, 6) is -1.17. The lowest BCUT2D eigenvalue weighted by Crippen LogP contribution is -2.53. The number of halogens is 2. The normalized spacial score (nSPS) is 11.8. The zero-order valence-electron chi connectivity index (χ0n) is 27.1. The molecule has 4 rings (SSSR count). The van der Waals surface area contributed by atoms with E-state index in [1.165, 1.54) is 49.5 Å². The second-order valence-electron chi connectivity index (χ2n) is 11.0. The number of amides is 2. The molecule has 0 unspecified atom stereocenters. The summed E-state index contributed by atoms with van der Waals surface area (Å²) in [5.41, 5.74) is 1.42. The minimum atomic E-state index is -4.46. The highest BCUT2D eigenvalue weighted by molar-refractivity contribution is 7.92. The maximum atomic E-state index is 14.6. The lowest BCUT2D eigenvalue weighted by atomic mass is 10.0. The summed E-state index contributed by atoms with van der Waals surface area (Å²) in [6.07, 6.45) is 1.75. The minimum Gasteiger partial charge on any atom is -0.493 e. The summed E-state index contributed by atoms with van der Waals surface area (Å²) >= 11 is 6.54. The van der Waals surface area contributed by atoms with Crippen molar-refractivity contribution in [2.24, 2.45) is 0 Å². The van der Waals surface area contributed by atoms with Gasteiger partial charge in [0.05, 0.1) is 24.8 Å². The number of carbonyl (C=O) groups excluding carboxylic acids is 2. The van der Waals surface area contributed by atoms with Crippen LogP contribution in [-0.2, 0) is 32.6 Å². The van der Waals surface area contributed by atoms with Gasteiger partial charge in [0.25, 0.3) is 10.0 Å². The molecule has 0 aliphatic rings. The molecule has 9 nitrogen and oxygen atoms in total. The van der Waals surface area contributed by atoms with Crippen molar-refractivity contribution in [3.8, 4) is 11.5 Å². The number of nitrogens with zero attached hydrogens (tertiary/aromatic N) is 2. The molecule has 2 amide bonds. The van der Waals surface area contributed by atoms with Crippen molar-refractivity contribution in [3.05, 3.63) is 119 Å². The van der Waals surface area contributed by atoms with Gasteiger partial charge in [0, 0.05) is 30.6 Å². The lowest BCUT2D eigenvalue weighted by molar-refractivity contribution is -0.140. The Morgan fingerprint density at radius 2 is 1.56 bits per heavy atom. The number of anilines is 1. The molecule has 4 aromatic rings. The molecule has 1 atom stereocenters. The predicted octanol–water partition coefficient (Wildman–Crippen LogP) is 6.25. The molecule has 48 heavy (non-hydrogen) atoms. The number of ether oxygens (including phenoxy) is 2. The van der Waals surface area contributed by atoms with E-state index in [1.54, 1.807) is 24.3 Å². The Labute approximate surface area is 286 Å². The van der Waals surface area contributed by atoms with Crippen LogP contribution in [0.1, 0.15) is 30.9 Å². The predicted molar refractivity (Wildman–Crippen MR) is 184 cm³/mol. The van der Waals surface area contributed by atoms with Crippen molar-refractivity contribution in [1.82, 2.24) is 10.2 Å². The van der Waals surface area contributed by atoms with Gasteiger partial charge in [-0.3, -0.25) is 13.9 Å². The van der Waals surface area contributed by atoms with Gasteiger partial charge in [-0.25, -0.2) is 12.8 Å². The van der Waals surface area contributed by atoms with Gasteiger partial charge in [0.15, 0.2) is 11.5 Å². The SMILES string of the molecule is CCCCNC(=O)[C@@H](Cc1ccccc1)N(Cc1ccccc1Cl)C(=O)CN(c1ccc(F)cc1)S(=O)(=O)c1ccc(OC)c(OC)c1. The van der Waals surface area contributed by atoms with Crippen LogP contribution >= 0.6 is 11.6 Å². The first kappa shape index (κ1) is 36.2. The third-order valence-corrected chi connectivity index (χ3v) is 9.87. The molecule has 0 aliphatic carbocycles. The van der Waals surface area contributed by atoms with E-state index in [1.807, 2.05) is 37.3 Å². The number of sulfonamides is 1. The molecular weight excluding hydrogens is 657 g/mol. The number of hydrogen-bond acceptors (Lipinski definition) is 6. The van der Waals surface area contributed by atoms with Crippen LogP contribution in [0.2, 0.25) is 5.02 Å². The monoisotopic (exact) mass is 695 g/mol. The quantitative estimate of drug-likeness (QED) is 0.139. The standard InChI is InChI=1S/C36H39ClFN3O6S/c1-4-5-21-39-36(43)32(22-26-11-7-6-8-12-26)40(24-27-13-9-10-14-31(27)37)35(42)25-41(29-17-15-28(38)16-18-29)48(44,45)30-19-20-33(46-2)34(23-30)47-3/h6-20,23,32H,4-5,21-22,24-25H2,1-3H3,(H,39,43)/t32-/m1/s1. The average molecular weight is 696 g/mol. The number of hydrogen-bond donors (Lipinski definition) is 1. The molecule has 0 bridgehead atoms. The third-order valence-electron chi connectivity index (χ3n) is 7.74. The maximum absolute atomic E-state index is 14.6. The van der Waals surface area contributed by atoms with Crippen LogP contribution in [0.25, 0.3) is 0 Å². The number of methoxy groups -OCH3 is 2. The molecular formula is C36H39ClFN3O6S. The van der Waals surface area contributed by atoms with E-state index in [4.69, 9.17) is 21.1 Å². The topological polar surface area (TPSA) is 105 Å². The lowest BCUT2D eigenvalue weighted by Gasteiger charge is -2.34. The third kappa shape index (κ3) is 9.05. The Kier molecular flexibility index (Phi) is 12.8. The molecule has 0 fully saturated rings. The number of carbonyl (C=O) groups is 2. The van der Waals surface area contributed by atoms with Crippen LogP contribution in [0.3, 0.4) is 0 Å². The Morgan fingerprint density at radius 1 is 0.896 bits per heavy atom. The van der Waals surface area contributed by atoms with Gasteiger partial charge in [-0.2, -0.15) is 0 Å². The van der Waals surface area contributed by atoms with E-state index < -0.39 is 34.3 Å². The summed E-state index contributed by atoms with van der Waals surface area (Å²) in [6, 6.07) is 24.0. The van der Waals surface area contributed by atoms with Crippen LogP contribution in [0.4, 0.5) is 10.1 Å². The van der Waals surface area contributed by atoms with Crippen LogP contribution in [0.15, 0.2) is 102 Å². The van der Waals surface area contributed by atoms with Gasteiger partial charge in [-0.15, -0.1) is 0 Å². The number of nitrogens with one attached hydrogen (secondary N) is 1. The maximum Gasteiger partial charge on any atom is 0.264 e. The fraction of sp³-hybridized carbons (Fsp3) is 0.278. The van der Waals surface area contributed by atoms with E-state index in [0.29, 0.717) is 22.9 Å². The molecule has 0 radical (unpaired) electrons. The summed E-state index contributed by atoms with van der Waals surface area (Å²) < 4.78 is 54.1. The molecule has 0 saturated carbocycles. The molecule has 0 aromatic heterocycles. The first-order chi connectivity index (χ1) is 23.1. The molecule has 12 heteroatoms. The van der Waals surface area contributed by atoms with Crippen molar-refractivity contribution < 1.29 is 31.9 Å². The second kappa shape index (κ2) is 17.0. The zero-order valence-corrected chi connectivity index (χ0v) is 28.6. The molecule has 4 aromatic carbocycles. The average Bonchev–Trinajstić information content (AvgIpc) is 3.09. The largest absolute Gasteiger partial charge is 0.493 e. The van der Waals surface area contributed by atoms with E-state index in [2.05, 4.69) is 5.32 Å². The van der Waals surface area contributed by atoms with Gasteiger partial charge in [-0.1, -0.05) is 73.5 Å². The van der Waals surface area contributed by atoms with Crippen molar-refractivity contribution in [2.75, 3.05) is 31.6 Å². The molecule has 0 spiro atoms. The fourth-order valence-electron chi connectivity index (χ4n) is 5.11. The molecule has 0 saturated heterocycles. The summed E-state index contributed by atoms with van der Waals surface area (Å²) in [5, 5.41) is 3.33. The number of benzene rings is 4. The van der Waals surface area contributed by atoms with Crippen molar-refractivity contribution in [1.29, 1.82) is 0 Å². The number of unbranched alkanes of at least 4 members (excludes halogenated alkanes) is 1. The van der Waals surface area contributed by atoms with Gasteiger partial charge < -0.3 is 19.7 Å². The van der Waals surface area contributed by atoms with Crippen LogP contribution in [0.5, 0.6) is 11.5 Å². The van der Waals surface area contributed by atoms with Crippen LogP contribution in [0, 0.1) is 5.82 Å². The van der Waals surface area contributed by atoms with E-state index in [-0.39, 0.29) is 35.2 Å². The first-order valence-corrected chi connectivity index (χ1v) is 17.3. The number of rotatable bonds is 16. The Balaban J connectivity index is 1.82. The fourth-order valence-corrected chi connectivity index (χ4v) is 6.74. The molecule has 254 valence electrons. The van der Waals surface area contributed by atoms with E-state index in [9.17, 15) is 22.4 Å². The van der Waals surface area contributed by atoms with Crippen molar-refractivity contribution in [3.63, 3.8) is 0 Å². The molecule has 0 aliphatic heterocycles. The van der Waals surface area contributed by atoms with Gasteiger partial charge in [0.1, 0.15) is 18.4 Å². The van der Waals surface area contributed by atoms with E-state index in [0.717, 1.165) is 34.8 Å². The highest BCUT2D eigenvalue weighted by Gasteiger charge is 2.35. The van der Waals surface area contributed by atoms with Gasteiger partial charge in [0.2, 0.25) is 11.8 Å². The molecule has 0 heterocycles. The van der Waals surface area contributed by atoms with Crippen molar-refractivity contribution >= 4 is 39.1 Å². The Hall–Kier alpha value is -4.61. The Morgan fingerprint density at radius 3 is 2.21 bits per heavy atom. The van der Waals surface area contributed by atoms with Gasteiger partial charge >= 0.3 is 0 Å². The van der Waals surface area contributed by atoms with Crippen molar-refractivity contribution in [2.45, 2.75) is 43.7 Å². The zero-order chi connectivity index (χ0) is 34.7. The van der Waals surface area contributed by atoms with Gasteiger partial charge in [-0.05, 0) is 60.0 Å². The second-order valence-corrected chi connectivity index (χ2v) is 13.2. The highest BCUT2D eigenvalue weighted by Crippen LogP contribution is 2.32. The summed E-state index contributed by atoms with van der Waals surface area (Å²) in [6.45, 7) is 1.62. The molecule has 1 N–H and O–H groups in total. The van der Waals surface area contributed by atoms with Crippen LogP contribution in [-0.4, -0.2) is 58.5 Å². The summed E-state index contributed by atoms with van der Waals surface area (Å²) in [7, 11) is -1.66. The first-order valence-electron chi connectivity index (χ1n) is 15.4.